The van der Waals surface area contributed by atoms with Gasteiger partial charge in [0.15, 0.2) is 0 Å². The molecule has 1 fully saturated rings. The van der Waals surface area contributed by atoms with Crippen molar-refractivity contribution in [3.8, 4) is 0 Å². The molecule has 2 aromatic rings. The van der Waals surface area contributed by atoms with Crippen LogP contribution in [0.4, 0.5) is 10.1 Å². The molecule has 1 aliphatic carbocycles. The number of thioether (sulfide) groups is 1. The Morgan fingerprint density at radius 1 is 1.21 bits per heavy atom. The molecular weight excluding hydrogens is 377 g/mol. The van der Waals surface area contributed by atoms with E-state index in [9.17, 15) is 9.18 Å². The van der Waals surface area contributed by atoms with Gasteiger partial charge in [-0.3, -0.25) is 0 Å². The van der Waals surface area contributed by atoms with Crippen LogP contribution in [-0.4, -0.2) is 25.2 Å². The van der Waals surface area contributed by atoms with E-state index in [1.54, 1.807) is 23.9 Å². The number of carbonyl (C=O) groups excluding carboxylic acids is 1. The van der Waals surface area contributed by atoms with Crippen molar-refractivity contribution >= 4 is 34.0 Å². The van der Waals surface area contributed by atoms with Crippen molar-refractivity contribution in [1.82, 2.24) is 0 Å². The lowest BCUT2D eigenvalue weighted by Crippen LogP contribution is -2.07. The van der Waals surface area contributed by atoms with Gasteiger partial charge in [0, 0.05) is 11.7 Å². The highest BCUT2D eigenvalue weighted by Gasteiger charge is 2.28. The molecule has 1 aliphatic rings. The minimum Gasteiger partial charge on any atom is -0.503 e. The van der Waals surface area contributed by atoms with Crippen molar-refractivity contribution in [1.29, 1.82) is 0 Å². The van der Waals surface area contributed by atoms with Gasteiger partial charge >= 0.3 is 5.97 Å². The Hall–Kier alpha value is -2.60. The summed E-state index contributed by atoms with van der Waals surface area (Å²) in [7, 11) is 2.84. The first kappa shape index (κ1) is 20.1. The highest BCUT2D eigenvalue weighted by molar-refractivity contribution is 8.13. The molecule has 0 saturated heterocycles. The van der Waals surface area contributed by atoms with Crippen LogP contribution < -0.4 is 0 Å². The topological polar surface area (TPSA) is 47.9 Å². The van der Waals surface area contributed by atoms with Crippen LogP contribution in [0.3, 0.4) is 0 Å². The second kappa shape index (κ2) is 9.55. The molecule has 6 heteroatoms. The molecule has 0 aliphatic heterocycles. The number of ether oxygens (including phenoxy) is 2. The first-order chi connectivity index (χ1) is 13.6. The van der Waals surface area contributed by atoms with Crippen LogP contribution in [0.25, 0.3) is 5.57 Å². The van der Waals surface area contributed by atoms with E-state index in [-0.39, 0.29) is 5.82 Å². The average molecular weight is 399 g/mol. The number of aliphatic imine (C=N–C) groups is 1. The van der Waals surface area contributed by atoms with Crippen LogP contribution in [0, 0.1) is 11.7 Å². The summed E-state index contributed by atoms with van der Waals surface area (Å²) in [6, 6.07) is 14.0. The zero-order chi connectivity index (χ0) is 19.9. The molecule has 0 aromatic heterocycles. The quantitative estimate of drug-likeness (QED) is 0.207. The third-order valence-electron chi connectivity index (χ3n) is 4.30. The van der Waals surface area contributed by atoms with E-state index in [1.165, 1.54) is 32.6 Å². The fraction of sp³-hybridized carbons (Fsp3) is 0.273. The second-order valence-electron chi connectivity index (χ2n) is 6.41. The number of rotatable bonds is 7. The maximum atomic E-state index is 13.5. The van der Waals surface area contributed by atoms with Crippen molar-refractivity contribution < 1.29 is 18.7 Å². The van der Waals surface area contributed by atoms with Crippen molar-refractivity contribution in [3.63, 3.8) is 0 Å². The van der Waals surface area contributed by atoms with Crippen LogP contribution in [0.5, 0.6) is 0 Å². The third-order valence-corrected chi connectivity index (χ3v) is 5.47. The SMILES string of the molecule is COC=C(C(=O)OC)c1ccccc1CSC(=Nc1cccc(F)c1)C1CC1. The van der Waals surface area contributed by atoms with Gasteiger partial charge in [-0.2, -0.15) is 0 Å². The normalized spacial score (nSPS) is 14.7. The lowest BCUT2D eigenvalue weighted by atomic mass is 10.0. The molecule has 1 saturated carbocycles. The van der Waals surface area contributed by atoms with Crippen molar-refractivity contribution in [2.75, 3.05) is 14.2 Å². The van der Waals surface area contributed by atoms with Crippen LogP contribution >= 0.6 is 11.8 Å². The largest absolute Gasteiger partial charge is 0.503 e. The van der Waals surface area contributed by atoms with Gasteiger partial charge in [0.25, 0.3) is 0 Å². The summed E-state index contributed by atoms with van der Waals surface area (Å²) in [5.41, 5.74) is 2.74. The van der Waals surface area contributed by atoms with Gasteiger partial charge in [-0.15, -0.1) is 11.8 Å². The number of hydrogen-bond acceptors (Lipinski definition) is 5. The molecule has 4 nitrogen and oxygen atoms in total. The Kier molecular flexibility index (Phi) is 6.87. The summed E-state index contributed by atoms with van der Waals surface area (Å²) in [5, 5.41) is 0.996. The van der Waals surface area contributed by atoms with E-state index in [4.69, 9.17) is 9.47 Å². The van der Waals surface area contributed by atoms with Crippen molar-refractivity contribution in [3.05, 3.63) is 71.7 Å². The molecule has 28 heavy (non-hydrogen) atoms. The maximum absolute atomic E-state index is 13.5. The summed E-state index contributed by atoms with van der Waals surface area (Å²) in [5.74, 6) is 0.322. The first-order valence-corrected chi connectivity index (χ1v) is 9.97. The zero-order valence-electron chi connectivity index (χ0n) is 15.9. The predicted molar refractivity (Wildman–Crippen MR) is 111 cm³/mol. The monoisotopic (exact) mass is 399 g/mol. The molecule has 146 valence electrons. The van der Waals surface area contributed by atoms with Gasteiger partial charge < -0.3 is 9.47 Å². The second-order valence-corrected chi connectivity index (χ2v) is 7.40. The Bertz CT molecular complexity index is 906. The molecule has 2 aromatic carbocycles. The molecule has 0 radical (unpaired) electrons. The molecule has 0 unspecified atom stereocenters. The number of esters is 1. The zero-order valence-corrected chi connectivity index (χ0v) is 16.7. The van der Waals surface area contributed by atoms with Gasteiger partial charge in [0.1, 0.15) is 11.4 Å². The van der Waals surface area contributed by atoms with Gasteiger partial charge in [-0.1, -0.05) is 30.3 Å². The Balaban J connectivity index is 1.83. The summed E-state index contributed by atoms with van der Waals surface area (Å²) < 4.78 is 23.4. The summed E-state index contributed by atoms with van der Waals surface area (Å²) in [6.07, 6.45) is 3.59. The standard InChI is InChI=1S/C22H22FNO3S/c1-26-13-20(22(25)27-2)19-9-4-3-6-16(19)14-28-21(15-10-11-15)24-18-8-5-7-17(23)12-18/h3-9,12-13,15H,10-11,14H2,1-2H3. The van der Waals surface area contributed by atoms with Crippen LogP contribution in [0.2, 0.25) is 0 Å². The van der Waals surface area contributed by atoms with E-state index in [1.807, 2.05) is 24.3 Å². The Labute approximate surface area is 168 Å². The van der Waals surface area contributed by atoms with Gasteiger partial charge in [0.2, 0.25) is 0 Å². The predicted octanol–water partition coefficient (Wildman–Crippen LogP) is 5.36. The smallest absolute Gasteiger partial charge is 0.341 e. The fourth-order valence-electron chi connectivity index (χ4n) is 2.75. The minimum atomic E-state index is -0.449. The number of hydrogen-bond donors (Lipinski definition) is 0. The van der Waals surface area contributed by atoms with Gasteiger partial charge in [-0.25, -0.2) is 14.2 Å². The third kappa shape index (κ3) is 5.23. The highest BCUT2D eigenvalue weighted by atomic mass is 32.2. The van der Waals surface area contributed by atoms with E-state index in [2.05, 4.69) is 4.99 Å². The van der Waals surface area contributed by atoms with Gasteiger partial charge in [-0.05, 0) is 42.2 Å². The first-order valence-electron chi connectivity index (χ1n) is 8.99. The molecule has 0 atom stereocenters. The summed E-state index contributed by atoms with van der Waals surface area (Å²) >= 11 is 1.62. The Morgan fingerprint density at radius 2 is 2.00 bits per heavy atom. The lowest BCUT2D eigenvalue weighted by Gasteiger charge is -2.12. The molecule has 0 bridgehead atoms. The number of carbonyl (C=O) groups is 1. The number of halogens is 1. The summed E-state index contributed by atoms with van der Waals surface area (Å²) in [6.45, 7) is 0. The van der Waals surface area contributed by atoms with Crippen LogP contribution in [0.15, 0.2) is 59.8 Å². The molecule has 0 N–H and O–H groups in total. The molecule has 0 heterocycles. The van der Waals surface area contributed by atoms with E-state index in [0.29, 0.717) is 22.9 Å². The van der Waals surface area contributed by atoms with Crippen LogP contribution in [0.1, 0.15) is 24.0 Å². The fourth-order valence-corrected chi connectivity index (χ4v) is 3.95. The highest BCUT2D eigenvalue weighted by Crippen LogP contribution is 2.38. The average Bonchev–Trinajstić information content (AvgIpc) is 3.54. The minimum absolute atomic E-state index is 0.292. The maximum Gasteiger partial charge on any atom is 0.341 e. The molecular formula is C22H22FNO3S. The summed E-state index contributed by atoms with van der Waals surface area (Å²) in [4.78, 5) is 16.8. The molecule has 3 rings (SSSR count). The van der Waals surface area contributed by atoms with E-state index < -0.39 is 5.97 Å². The molecule has 0 amide bonds. The Morgan fingerprint density at radius 3 is 2.68 bits per heavy atom. The van der Waals surface area contributed by atoms with Gasteiger partial charge in [0.05, 0.1) is 31.2 Å². The lowest BCUT2D eigenvalue weighted by molar-refractivity contribution is -0.133. The van der Waals surface area contributed by atoms with Crippen LogP contribution in [-0.2, 0) is 20.0 Å². The number of benzene rings is 2. The van der Waals surface area contributed by atoms with Crippen molar-refractivity contribution in [2.45, 2.75) is 18.6 Å². The molecule has 0 spiro atoms. The number of nitrogens with zero attached hydrogens (tertiary/aromatic N) is 1. The van der Waals surface area contributed by atoms with E-state index >= 15 is 0 Å². The van der Waals surface area contributed by atoms with E-state index in [0.717, 1.165) is 29.0 Å². The number of methoxy groups -OCH3 is 2. The van der Waals surface area contributed by atoms with Crippen molar-refractivity contribution in [2.24, 2.45) is 10.9 Å².